The highest BCUT2D eigenvalue weighted by atomic mass is 31.2. The van der Waals surface area contributed by atoms with E-state index in [9.17, 15) is 25.0 Å². The zero-order valence-electron chi connectivity index (χ0n) is 13.2. The van der Waals surface area contributed by atoms with E-state index in [1.165, 1.54) is 12.1 Å². The minimum atomic E-state index is -4.76. The van der Waals surface area contributed by atoms with Gasteiger partial charge in [-0.1, -0.05) is 12.1 Å². The Morgan fingerprint density at radius 1 is 1.08 bits per heavy atom. The van der Waals surface area contributed by atoms with Crippen LogP contribution in [0.2, 0.25) is 0 Å². The zero-order chi connectivity index (χ0) is 18.7. The molecule has 0 heterocycles. The number of allylic oxidation sites excluding steroid dienone is 2. The Hall–Kier alpha value is -1.96. The van der Waals surface area contributed by atoms with E-state index in [-0.39, 0.29) is 23.6 Å². The number of nitrogens with zero attached hydrogens (tertiary/aromatic N) is 1. The molecule has 1 aliphatic carbocycles. The van der Waals surface area contributed by atoms with Crippen LogP contribution in [0.25, 0.3) is 0 Å². The van der Waals surface area contributed by atoms with E-state index >= 15 is 0 Å². The molecule has 1 aliphatic rings. The van der Waals surface area contributed by atoms with Crippen LogP contribution in [0.4, 0.5) is 0 Å². The number of phenolic OH excluding ortho intramolecular Hbond substituents is 1. The number of benzene rings is 1. The lowest BCUT2D eigenvalue weighted by atomic mass is 9.86. The third-order valence-corrected chi connectivity index (χ3v) is 4.26. The molecule has 1 aromatic rings. The Morgan fingerprint density at radius 3 is 2.32 bits per heavy atom. The maximum atomic E-state index is 11.1. The second-order valence-corrected chi connectivity index (χ2v) is 7.07. The number of aliphatic hydroxyl groups is 3. The summed E-state index contributed by atoms with van der Waals surface area (Å²) in [6, 6.07) is 6.47. The van der Waals surface area contributed by atoms with E-state index in [1.54, 1.807) is 12.1 Å². The highest BCUT2D eigenvalue weighted by molar-refractivity contribution is 7.50. The number of aromatic hydroxyl groups is 1. The van der Waals surface area contributed by atoms with Crippen LogP contribution in [0.15, 0.2) is 53.0 Å². The molecule has 6 N–H and O–H groups in total. The van der Waals surface area contributed by atoms with Gasteiger partial charge in [0.2, 0.25) is 0 Å². The predicted molar refractivity (Wildman–Crippen MR) is 91.0 cm³/mol. The lowest BCUT2D eigenvalue weighted by molar-refractivity contribution is -0.179. The Morgan fingerprint density at radius 2 is 1.72 bits per heavy atom. The number of aryl methyl sites for hydroxylation is 1. The minimum absolute atomic E-state index is 0.115. The molecular formula is C16H20NO7P. The highest BCUT2D eigenvalue weighted by Gasteiger charge is 2.38. The second-order valence-electron chi connectivity index (χ2n) is 5.84. The van der Waals surface area contributed by atoms with Gasteiger partial charge in [0.1, 0.15) is 11.5 Å². The first kappa shape index (κ1) is 19.4. The molecule has 0 aromatic heterocycles. The number of rotatable bonds is 6. The van der Waals surface area contributed by atoms with Crippen molar-refractivity contribution in [3.8, 4) is 5.75 Å². The molecule has 0 saturated heterocycles. The predicted octanol–water partition coefficient (Wildman–Crippen LogP) is 1.56. The van der Waals surface area contributed by atoms with E-state index in [2.05, 4.69) is 4.76 Å². The second kappa shape index (κ2) is 7.51. The maximum Gasteiger partial charge on any atom is 0.448 e. The lowest BCUT2D eigenvalue weighted by Crippen LogP contribution is -2.42. The average molecular weight is 369 g/mol. The van der Waals surface area contributed by atoms with Crippen LogP contribution in [0.5, 0.6) is 5.75 Å². The Labute approximate surface area is 144 Å². The topological polar surface area (TPSA) is 151 Å². The molecule has 0 bridgehead atoms. The van der Waals surface area contributed by atoms with Crippen molar-refractivity contribution in [2.75, 3.05) is 0 Å². The van der Waals surface area contributed by atoms with Crippen LogP contribution >= 0.6 is 7.75 Å². The van der Waals surface area contributed by atoms with Gasteiger partial charge in [-0.05, 0) is 48.8 Å². The Bertz CT molecular complexity index is 746. The van der Waals surface area contributed by atoms with Gasteiger partial charge in [-0.3, -0.25) is 0 Å². The summed E-state index contributed by atoms with van der Waals surface area (Å²) >= 11 is 0. The van der Waals surface area contributed by atoms with Gasteiger partial charge in [-0.2, -0.15) is 4.76 Å². The number of hydrogen-bond acceptors (Lipinski definition) is 5. The molecule has 0 radical (unpaired) electrons. The molecule has 0 amide bonds. The first-order valence-electron chi connectivity index (χ1n) is 7.54. The van der Waals surface area contributed by atoms with Crippen molar-refractivity contribution < 1.29 is 34.8 Å². The molecule has 0 spiro atoms. The summed E-state index contributed by atoms with van der Waals surface area (Å²) in [5, 5.41) is 39.5. The lowest BCUT2D eigenvalue weighted by Gasteiger charge is -2.31. The van der Waals surface area contributed by atoms with Gasteiger partial charge in [-0.15, -0.1) is 0 Å². The summed E-state index contributed by atoms with van der Waals surface area (Å²) < 4.78 is 14.3. The molecule has 9 heteroatoms. The van der Waals surface area contributed by atoms with E-state index in [4.69, 9.17) is 9.79 Å². The van der Waals surface area contributed by atoms with E-state index in [0.29, 0.717) is 12.8 Å². The molecule has 0 saturated carbocycles. The van der Waals surface area contributed by atoms with Crippen molar-refractivity contribution in [3.05, 3.63) is 53.8 Å². The SMILES string of the molecule is O=P(O)(O)N=C1C=CC(O)=CC1C(O)(O)CCCc1ccc(O)cc1. The Kier molecular flexibility index (Phi) is 5.82. The molecular weight excluding hydrogens is 349 g/mol. The first-order valence-corrected chi connectivity index (χ1v) is 9.10. The van der Waals surface area contributed by atoms with Gasteiger partial charge in [-0.25, -0.2) is 4.57 Å². The summed E-state index contributed by atoms with van der Waals surface area (Å²) in [5.41, 5.74) is 0.667. The largest absolute Gasteiger partial charge is 0.508 e. The van der Waals surface area contributed by atoms with E-state index in [1.807, 2.05) is 0 Å². The fourth-order valence-corrected chi connectivity index (χ4v) is 3.07. The van der Waals surface area contributed by atoms with Crippen molar-refractivity contribution in [3.63, 3.8) is 0 Å². The summed E-state index contributed by atoms with van der Waals surface area (Å²) in [7, 11) is -4.76. The third kappa shape index (κ3) is 5.81. The normalized spacial score (nSPS) is 19.9. The zero-order valence-corrected chi connectivity index (χ0v) is 14.1. The summed E-state index contributed by atoms with van der Waals surface area (Å²) in [6.45, 7) is 0. The Balaban J connectivity index is 2.09. The molecule has 0 fully saturated rings. The molecule has 1 atom stereocenters. The van der Waals surface area contributed by atoms with Crippen LogP contribution < -0.4 is 0 Å². The molecule has 1 unspecified atom stereocenters. The third-order valence-electron chi connectivity index (χ3n) is 3.77. The quantitative estimate of drug-likeness (QED) is 0.329. The van der Waals surface area contributed by atoms with Crippen LogP contribution in [-0.4, -0.2) is 41.7 Å². The molecule has 1 aromatic carbocycles. The van der Waals surface area contributed by atoms with Crippen molar-refractivity contribution >= 4 is 13.5 Å². The molecule has 136 valence electrons. The molecule has 2 rings (SSSR count). The number of aliphatic hydroxyl groups excluding tert-OH is 1. The van der Waals surface area contributed by atoms with Crippen LogP contribution in [0, 0.1) is 5.92 Å². The highest BCUT2D eigenvalue weighted by Crippen LogP contribution is 2.39. The van der Waals surface area contributed by atoms with E-state index in [0.717, 1.165) is 23.8 Å². The van der Waals surface area contributed by atoms with Crippen molar-refractivity contribution in [1.82, 2.24) is 0 Å². The van der Waals surface area contributed by atoms with Crippen LogP contribution in [-0.2, 0) is 11.0 Å². The molecule has 25 heavy (non-hydrogen) atoms. The van der Waals surface area contributed by atoms with Gasteiger partial charge in [0.25, 0.3) is 0 Å². The summed E-state index contributed by atoms with van der Waals surface area (Å²) in [4.78, 5) is 18.0. The van der Waals surface area contributed by atoms with Crippen LogP contribution in [0.3, 0.4) is 0 Å². The smallest absolute Gasteiger partial charge is 0.448 e. The first-order chi connectivity index (χ1) is 11.6. The fraction of sp³-hybridized carbons (Fsp3) is 0.312. The van der Waals surface area contributed by atoms with Gasteiger partial charge >= 0.3 is 7.75 Å². The van der Waals surface area contributed by atoms with Gasteiger partial charge < -0.3 is 30.2 Å². The van der Waals surface area contributed by atoms with Gasteiger partial charge in [0.05, 0.1) is 11.6 Å². The average Bonchev–Trinajstić information content (AvgIpc) is 2.49. The maximum absolute atomic E-state index is 11.1. The van der Waals surface area contributed by atoms with Gasteiger partial charge in [0.15, 0.2) is 5.79 Å². The summed E-state index contributed by atoms with van der Waals surface area (Å²) in [5.74, 6) is -3.73. The number of hydrogen-bond donors (Lipinski definition) is 6. The number of phenols is 1. The van der Waals surface area contributed by atoms with Gasteiger partial charge in [0, 0.05) is 6.42 Å². The van der Waals surface area contributed by atoms with E-state index < -0.39 is 19.5 Å². The molecule has 8 nitrogen and oxygen atoms in total. The monoisotopic (exact) mass is 369 g/mol. The van der Waals surface area contributed by atoms with Crippen molar-refractivity contribution in [2.45, 2.75) is 25.0 Å². The van der Waals surface area contributed by atoms with Crippen molar-refractivity contribution in [1.29, 1.82) is 0 Å². The fourth-order valence-electron chi connectivity index (χ4n) is 2.57. The van der Waals surface area contributed by atoms with Crippen molar-refractivity contribution in [2.24, 2.45) is 10.7 Å². The van der Waals surface area contributed by atoms with Crippen LogP contribution in [0.1, 0.15) is 18.4 Å². The summed E-state index contributed by atoms with van der Waals surface area (Å²) in [6.07, 6.45) is 4.14. The molecule has 0 aliphatic heterocycles. The standard InChI is InChI=1S/C16H20NO7P/c18-12-5-3-11(4-6-12)2-1-9-16(20,21)14-10-13(19)7-8-15(14)17-25(22,23)24/h3-8,10,14,18-21H,1-2,9H2,(H2,22,23,24). The minimum Gasteiger partial charge on any atom is -0.508 e.